The van der Waals surface area contributed by atoms with Gasteiger partial charge in [0.05, 0.1) is 12.4 Å². The molecule has 5 heteroatoms. The zero-order valence-electron chi connectivity index (χ0n) is 13.0. The van der Waals surface area contributed by atoms with E-state index in [0.717, 1.165) is 12.8 Å². The lowest BCUT2D eigenvalue weighted by molar-refractivity contribution is 0.307. The van der Waals surface area contributed by atoms with Gasteiger partial charge in [-0.25, -0.2) is 0 Å². The third-order valence-electron chi connectivity index (χ3n) is 3.35. The minimum atomic E-state index is -3.32. The Balaban J connectivity index is 3.17. The topological polar surface area (TPSA) is 43.4 Å². The van der Waals surface area contributed by atoms with E-state index in [4.69, 9.17) is 4.18 Å². The first-order chi connectivity index (χ1) is 9.62. The summed E-state index contributed by atoms with van der Waals surface area (Å²) < 4.78 is 27.4. The molecule has 0 aromatic carbocycles. The van der Waals surface area contributed by atoms with Crippen molar-refractivity contribution in [2.45, 2.75) is 77.6 Å². The van der Waals surface area contributed by atoms with Gasteiger partial charge in [0.15, 0.2) is 0 Å². The minimum absolute atomic E-state index is 0.00808. The summed E-state index contributed by atoms with van der Waals surface area (Å²) in [5.74, 6) is 0.328. The lowest BCUT2D eigenvalue weighted by atomic mass is 10.1. The molecule has 122 valence electrons. The van der Waals surface area contributed by atoms with Crippen molar-refractivity contribution >= 4 is 22.7 Å². The van der Waals surface area contributed by atoms with Crippen molar-refractivity contribution in [2.24, 2.45) is 0 Å². The van der Waals surface area contributed by atoms with Crippen LogP contribution in [0.15, 0.2) is 0 Å². The molecule has 0 bridgehead atoms. The van der Waals surface area contributed by atoms with Crippen LogP contribution < -0.4 is 0 Å². The summed E-state index contributed by atoms with van der Waals surface area (Å²) in [5, 5.41) is 0. The second-order valence-corrected chi connectivity index (χ2v) is 7.55. The number of unbranched alkanes of at least 4 members (excludes halogenated alkanes) is 10. The molecule has 0 saturated heterocycles. The number of hydrogen-bond acceptors (Lipinski definition) is 4. The molecule has 0 rings (SSSR count). The van der Waals surface area contributed by atoms with Gasteiger partial charge < -0.3 is 0 Å². The van der Waals surface area contributed by atoms with Gasteiger partial charge in [0.1, 0.15) is 0 Å². The van der Waals surface area contributed by atoms with E-state index in [1.54, 1.807) is 0 Å². The van der Waals surface area contributed by atoms with Crippen molar-refractivity contribution in [1.82, 2.24) is 0 Å². The maximum absolute atomic E-state index is 11.2. The van der Waals surface area contributed by atoms with Crippen molar-refractivity contribution in [1.29, 1.82) is 0 Å². The normalized spacial score (nSPS) is 11.9. The first kappa shape index (κ1) is 20.3. The van der Waals surface area contributed by atoms with Gasteiger partial charge in [-0.3, -0.25) is 4.18 Å². The first-order valence-electron chi connectivity index (χ1n) is 8.10. The van der Waals surface area contributed by atoms with Crippen molar-refractivity contribution < 1.29 is 12.6 Å². The monoisotopic (exact) mass is 324 g/mol. The summed E-state index contributed by atoms with van der Waals surface area (Å²) >= 11 is 3.89. The molecule has 0 saturated carbocycles. The van der Waals surface area contributed by atoms with Gasteiger partial charge in [0.2, 0.25) is 0 Å². The van der Waals surface area contributed by atoms with Crippen LogP contribution in [-0.4, -0.2) is 26.5 Å². The van der Waals surface area contributed by atoms with Crippen molar-refractivity contribution in [3.8, 4) is 0 Å². The average molecular weight is 325 g/mol. The average Bonchev–Trinajstić information content (AvgIpc) is 2.40. The molecular formula is C15H32O3S2. The van der Waals surface area contributed by atoms with Crippen LogP contribution in [0.25, 0.3) is 0 Å². The smallest absolute Gasteiger partial charge is 0.268 e. The molecule has 0 heterocycles. The Labute approximate surface area is 131 Å². The second kappa shape index (κ2) is 14.2. The van der Waals surface area contributed by atoms with E-state index in [2.05, 4.69) is 19.6 Å². The van der Waals surface area contributed by atoms with E-state index in [0.29, 0.717) is 12.4 Å². The molecule has 3 nitrogen and oxygen atoms in total. The zero-order chi connectivity index (χ0) is 15.1. The lowest BCUT2D eigenvalue weighted by Gasteiger charge is -2.04. The van der Waals surface area contributed by atoms with Crippen molar-refractivity contribution in [3.63, 3.8) is 0 Å². The predicted octanol–water partition coefficient (Wildman–Crippen LogP) is 4.57. The summed E-state index contributed by atoms with van der Waals surface area (Å²) in [5.41, 5.74) is 0. The van der Waals surface area contributed by atoms with E-state index in [-0.39, 0.29) is 5.75 Å². The molecule has 0 N–H and O–H groups in total. The molecule has 0 aliphatic carbocycles. The van der Waals surface area contributed by atoms with E-state index < -0.39 is 10.1 Å². The highest BCUT2D eigenvalue weighted by Gasteiger charge is 2.08. The molecule has 0 fully saturated rings. The van der Waals surface area contributed by atoms with Gasteiger partial charge in [0.25, 0.3) is 10.1 Å². The van der Waals surface area contributed by atoms with Crippen LogP contribution >= 0.6 is 12.6 Å². The molecule has 0 aliphatic rings. The second-order valence-electron chi connectivity index (χ2n) is 5.34. The van der Waals surface area contributed by atoms with Crippen LogP contribution in [0.2, 0.25) is 0 Å². The largest absolute Gasteiger partial charge is 0.270 e. The van der Waals surface area contributed by atoms with Crippen LogP contribution in [0.3, 0.4) is 0 Å². The highest BCUT2D eigenvalue weighted by atomic mass is 32.2. The van der Waals surface area contributed by atoms with E-state index >= 15 is 0 Å². The van der Waals surface area contributed by atoms with E-state index in [1.165, 1.54) is 57.8 Å². The first-order valence-corrected chi connectivity index (χ1v) is 10.3. The SMILES string of the molecule is CCCCCCCCCCCCCOS(=O)(=O)CCS. The van der Waals surface area contributed by atoms with Crippen LogP contribution in [0.1, 0.15) is 77.6 Å². The summed E-state index contributed by atoms with van der Waals surface area (Å²) in [7, 11) is -3.32. The van der Waals surface area contributed by atoms with Gasteiger partial charge >= 0.3 is 0 Å². The van der Waals surface area contributed by atoms with Gasteiger partial charge in [-0.15, -0.1) is 0 Å². The third-order valence-corrected chi connectivity index (χ3v) is 5.11. The Bertz CT molecular complexity index is 289. The molecule has 0 aromatic rings. The van der Waals surface area contributed by atoms with Crippen LogP contribution in [0, 0.1) is 0 Å². The Hall–Kier alpha value is 0.260. The molecule has 0 radical (unpaired) electrons. The van der Waals surface area contributed by atoms with E-state index in [9.17, 15) is 8.42 Å². The Morgan fingerprint density at radius 3 is 1.70 bits per heavy atom. The fourth-order valence-electron chi connectivity index (χ4n) is 2.12. The van der Waals surface area contributed by atoms with Crippen LogP contribution in [0.5, 0.6) is 0 Å². The number of thiol groups is 1. The minimum Gasteiger partial charge on any atom is -0.270 e. The fraction of sp³-hybridized carbons (Fsp3) is 1.00. The number of hydrogen-bond donors (Lipinski definition) is 1. The Morgan fingerprint density at radius 2 is 1.25 bits per heavy atom. The third kappa shape index (κ3) is 14.7. The molecular weight excluding hydrogens is 292 g/mol. The van der Waals surface area contributed by atoms with Crippen LogP contribution in [0.4, 0.5) is 0 Å². The lowest BCUT2D eigenvalue weighted by Crippen LogP contribution is -2.12. The number of rotatable bonds is 15. The Morgan fingerprint density at radius 1 is 0.800 bits per heavy atom. The molecule has 0 atom stereocenters. The predicted molar refractivity (Wildman–Crippen MR) is 90.1 cm³/mol. The molecule has 0 unspecified atom stereocenters. The quantitative estimate of drug-likeness (QED) is 0.272. The Kier molecular flexibility index (Phi) is 14.4. The van der Waals surface area contributed by atoms with Crippen molar-refractivity contribution in [3.05, 3.63) is 0 Å². The van der Waals surface area contributed by atoms with Gasteiger partial charge in [-0.1, -0.05) is 71.1 Å². The standard InChI is InChI=1S/C15H32O3S2/c1-2-3-4-5-6-7-8-9-10-11-12-13-18-20(16,17)15-14-19/h19H,2-15H2,1H3. The van der Waals surface area contributed by atoms with Gasteiger partial charge in [-0.05, 0) is 6.42 Å². The van der Waals surface area contributed by atoms with Gasteiger partial charge in [-0.2, -0.15) is 21.0 Å². The molecule has 0 spiro atoms. The molecule has 20 heavy (non-hydrogen) atoms. The summed E-state index contributed by atoms with van der Waals surface area (Å²) in [6.07, 6.45) is 13.8. The highest BCUT2D eigenvalue weighted by molar-refractivity contribution is 7.88. The molecule has 0 aliphatic heterocycles. The maximum atomic E-state index is 11.2. The highest BCUT2D eigenvalue weighted by Crippen LogP contribution is 2.11. The van der Waals surface area contributed by atoms with Crippen molar-refractivity contribution in [2.75, 3.05) is 18.1 Å². The van der Waals surface area contributed by atoms with Crippen LogP contribution in [-0.2, 0) is 14.3 Å². The summed E-state index contributed by atoms with van der Waals surface area (Å²) in [6, 6.07) is 0. The maximum Gasteiger partial charge on any atom is 0.268 e. The molecule has 0 amide bonds. The van der Waals surface area contributed by atoms with Gasteiger partial charge in [0, 0.05) is 5.75 Å². The fourth-order valence-corrected chi connectivity index (χ4v) is 3.51. The summed E-state index contributed by atoms with van der Waals surface area (Å²) in [4.78, 5) is 0. The molecule has 0 aromatic heterocycles. The summed E-state index contributed by atoms with van der Waals surface area (Å²) in [6.45, 7) is 2.57. The zero-order valence-corrected chi connectivity index (χ0v) is 14.7. The van der Waals surface area contributed by atoms with E-state index in [1.807, 2.05) is 0 Å².